The van der Waals surface area contributed by atoms with Crippen molar-refractivity contribution in [2.75, 3.05) is 39.5 Å². The van der Waals surface area contributed by atoms with Crippen LogP contribution in [0.3, 0.4) is 0 Å². The molecule has 0 heterocycles. The van der Waals surface area contributed by atoms with Gasteiger partial charge in [-0.15, -0.1) is 0 Å². The normalized spacial score (nSPS) is 9.82. The Morgan fingerprint density at radius 3 is 1.18 bits per heavy atom. The zero-order chi connectivity index (χ0) is 7.82. The van der Waals surface area contributed by atoms with Crippen molar-refractivity contribution >= 4 is 0 Å². The molecule has 0 aromatic heterocycles. The predicted molar refractivity (Wildman–Crippen MR) is 37.7 cm³/mol. The zero-order valence-corrected chi connectivity index (χ0v) is 8.45. The summed E-state index contributed by atoms with van der Waals surface area (Å²) in [4.78, 5) is 1.79. The fourth-order valence-corrected chi connectivity index (χ4v) is 0.760. The van der Waals surface area contributed by atoms with Crippen molar-refractivity contribution in [3.8, 4) is 0 Å². The van der Waals surface area contributed by atoms with Crippen molar-refractivity contribution in [3.05, 3.63) is 0 Å². The first kappa shape index (κ1) is 14.1. The number of aliphatic hydroxyl groups excluding tert-OH is 3. The van der Waals surface area contributed by atoms with Gasteiger partial charge in [0.1, 0.15) is 0 Å². The largest absolute Gasteiger partial charge is 0.395 e. The van der Waals surface area contributed by atoms with E-state index in [4.69, 9.17) is 15.3 Å². The van der Waals surface area contributed by atoms with Gasteiger partial charge in [-0.25, -0.2) is 0 Å². The molecule has 0 aliphatic carbocycles. The molecule has 0 bridgehead atoms. The number of hydrogen-bond acceptors (Lipinski definition) is 4. The van der Waals surface area contributed by atoms with E-state index < -0.39 is 0 Å². The zero-order valence-electron chi connectivity index (χ0n) is 6.44. The summed E-state index contributed by atoms with van der Waals surface area (Å²) >= 11 is 0. The minimum Gasteiger partial charge on any atom is -0.395 e. The third-order valence-corrected chi connectivity index (χ3v) is 1.25. The summed E-state index contributed by atoms with van der Waals surface area (Å²) in [7, 11) is 0. The van der Waals surface area contributed by atoms with Crippen LogP contribution in [0.15, 0.2) is 0 Å². The van der Waals surface area contributed by atoms with Crippen LogP contribution in [0.2, 0.25) is 0 Å². The van der Waals surface area contributed by atoms with Gasteiger partial charge in [-0.05, 0) is 0 Å². The van der Waals surface area contributed by atoms with Crippen LogP contribution in [0, 0.1) is 0 Å². The fourth-order valence-electron chi connectivity index (χ4n) is 0.760. The first-order valence-electron chi connectivity index (χ1n) is 3.40. The van der Waals surface area contributed by atoms with Gasteiger partial charge in [-0.2, -0.15) is 0 Å². The second-order valence-electron chi connectivity index (χ2n) is 2.01. The van der Waals surface area contributed by atoms with E-state index in [0.29, 0.717) is 19.6 Å². The first-order valence-corrected chi connectivity index (χ1v) is 3.40. The molecule has 0 spiro atoms. The Morgan fingerprint density at radius 1 is 0.727 bits per heavy atom. The Hall–Kier alpha value is 0.528. The molecule has 0 fully saturated rings. The molecule has 0 aliphatic heterocycles. The molecule has 0 unspecified atom stereocenters. The van der Waals surface area contributed by atoms with Crippen molar-refractivity contribution in [2.24, 2.45) is 0 Å². The van der Waals surface area contributed by atoms with Gasteiger partial charge in [0.2, 0.25) is 0 Å². The molecule has 0 saturated carbocycles. The van der Waals surface area contributed by atoms with E-state index >= 15 is 0 Å². The molecule has 0 aromatic carbocycles. The Labute approximate surface area is 81.1 Å². The molecule has 11 heavy (non-hydrogen) atoms. The second-order valence-corrected chi connectivity index (χ2v) is 2.01. The summed E-state index contributed by atoms with van der Waals surface area (Å²) in [5.74, 6) is 0. The van der Waals surface area contributed by atoms with Crippen LogP contribution in [0.4, 0.5) is 0 Å². The van der Waals surface area contributed by atoms with E-state index in [1.165, 1.54) is 0 Å². The van der Waals surface area contributed by atoms with Crippen molar-refractivity contribution in [3.63, 3.8) is 0 Å². The summed E-state index contributed by atoms with van der Waals surface area (Å²) in [6.07, 6.45) is 0. The molecule has 3 N–H and O–H groups in total. The maximum Gasteiger partial charge on any atom is 0.0558 e. The smallest absolute Gasteiger partial charge is 0.0558 e. The quantitative estimate of drug-likeness (QED) is 0.486. The van der Waals surface area contributed by atoms with Crippen molar-refractivity contribution in [2.45, 2.75) is 0 Å². The summed E-state index contributed by atoms with van der Waals surface area (Å²) in [5.41, 5.74) is 0. The molecule has 5 heteroatoms. The number of hydrogen-bond donors (Lipinski definition) is 3. The molecule has 0 aliphatic rings. The second kappa shape index (κ2) is 10.5. The van der Waals surface area contributed by atoms with Gasteiger partial charge in [0.15, 0.2) is 0 Å². The maximum atomic E-state index is 8.48. The van der Waals surface area contributed by atoms with E-state index in [9.17, 15) is 0 Å². The van der Waals surface area contributed by atoms with E-state index in [1.807, 2.05) is 0 Å². The SMILES string of the molecule is OCCN(CCO)CCO.[Mo]. The predicted octanol–water partition coefficient (Wildman–Crippen LogP) is -1.74. The Kier molecular flexibility index (Phi) is 13.5. The summed E-state index contributed by atoms with van der Waals surface area (Å²) in [6.45, 7) is 1.75. The van der Waals surface area contributed by atoms with Gasteiger partial charge < -0.3 is 15.3 Å². The molecule has 0 atom stereocenters. The maximum absolute atomic E-state index is 8.48. The summed E-state index contributed by atoms with van der Waals surface area (Å²) in [5, 5.41) is 25.5. The summed E-state index contributed by atoms with van der Waals surface area (Å²) < 4.78 is 0. The molecule has 0 radical (unpaired) electrons. The monoisotopic (exact) mass is 247 g/mol. The molecule has 0 amide bonds. The van der Waals surface area contributed by atoms with Crippen LogP contribution in [0.25, 0.3) is 0 Å². The third kappa shape index (κ3) is 8.43. The topological polar surface area (TPSA) is 63.9 Å². The van der Waals surface area contributed by atoms with Crippen LogP contribution < -0.4 is 0 Å². The average molecular weight is 245 g/mol. The van der Waals surface area contributed by atoms with Crippen molar-refractivity contribution in [1.82, 2.24) is 4.90 Å². The first-order chi connectivity index (χ1) is 4.85. The summed E-state index contributed by atoms with van der Waals surface area (Å²) in [6, 6.07) is 0. The van der Waals surface area contributed by atoms with E-state index in [2.05, 4.69) is 0 Å². The molecule has 68 valence electrons. The Bertz CT molecular complexity index is 60.6. The van der Waals surface area contributed by atoms with Crippen LogP contribution in [-0.2, 0) is 21.1 Å². The number of rotatable bonds is 6. The van der Waals surface area contributed by atoms with Gasteiger partial charge >= 0.3 is 0 Å². The van der Waals surface area contributed by atoms with Crippen LogP contribution in [0.1, 0.15) is 0 Å². The van der Waals surface area contributed by atoms with Gasteiger partial charge in [-0.1, -0.05) is 0 Å². The molecular formula is C6H15MoNO3. The van der Waals surface area contributed by atoms with E-state index in [0.717, 1.165) is 0 Å². The molecule has 0 rings (SSSR count). The Balaban J connectivity index is 0. The van der Waals surface area contributed by atoms with Crippen LogP contribution in [0.5, 0.6) is 0 Å². The van der Waals surface area contributed by atoms with Crippen LogP contribution >= 0.6 is 0 Å². The molecule has 4 nitrogen and oxygen atoms in total. The van der Waals surface area contributed by atoms with Crippen molar-refractivity contribution in [1.29, 1.82) is 0 Å². The van der Waals surface area contributed by atoms with Crippen molar-refractivity contribution < 1.29 is 36.4 Å². The molecule has 0 aromatic rings. The average Bonchev–Trinajstić information content (AvgIpc) is 1.90. The van der Waals surface area contributed by atoms with Gasteiger partial charge in [0.25, 0.3) is 0 Å². The van der Waals surface area contributed by atoms with E-state index in [1.54, 1.807) is 4.90 Å². The Morgan fingerprint density at radius 2 is 1.00 bits per heavy atom. The molecular weight excluding hydrogens is 230 g/mol. The van der Waals surface area contributed by atoms with E-state index in [-0.39, 0.29) is 40.9 Å². The minimum atomic E-state index is 0. The number of aliphatic hydroxyl groups is 3. The standard InChI is InChI=1S/C6H15NO3.Mo/c8-4-1-7(2-5-9)3-6-10;/h8-10H,1-6H2;. The van der Waals surface area contributed by atoms with Crippen LogP contribution in [-0.4, -0.2) is 59.7 Å². The minimum absolute atomic E-state index is 0. The van der Waals surface area contributed by atoms with Gasteiger partial charge in [0.05, 0.1) is 19.8 Å². The molecule has 0 saturated heterocycles. The number of nitrogens with zero attached hydrogens (tertiary/aromatic N) is 1. The van der Waals surface area contributed by atoms with Gasteiger partial charge in [0, 0.05) is 40.7 Å². The fraction of sp³-hybridized carbons (Fsp3) is 1.00. The third-order valence-electron chi connectivity index (χ3n) is 1.25. The van der Waals surface area contributed by atoms with Gasteiger partial charge in [-0.3, -0.25) is 4.90 Å².